The van der Waals surface area contributed by atoms with E-state index in [1.807, 2.05) is 0 Å². The minimum atomic E-state index is 1.33. The molecule has 0 saturated heterocycles. The maximum Gasteiger partial charge on any atom is 0.0645 e. The van der Waals surface area contributed by atoms with Crippen molar-refractivity contribution in [3.8, 4) is 0 Å². The molecule has 0 aliphatic rings. The van der Waals surface area contributed by atoms with Crippen molar-refractivity contribution < 1.29 is 0 Å². The van der Waals surface area contributed by atoms with Crippen molar-refractivity contribution in [3.05, 3.63) is 109 Å². The summed E-state index contributed by atoms with van der Waals surface area (Å²) < 4.78 is 0. The number of hydrogen-bond acceptors (Lipinski definition) is 0. The van der Waals surface area contributed by atoms with Crippen LogP contribution in [-0.2, 0) is 0 Å². The van der Waals surface area contributed by atoms with Crippen LogP contribution in [0.1, 0.15) is 66.8 Å². The SMILES string of the molecule is Cc1cc(C)c([C](c2c(C)cc(C)cc2C)c2c(C)cc(C)cc2C)c(C)c1. The van der Waals surface area contributed by atoms with E-state index in [1.165, 1.54) is 72.7 Å². The van der Waals surface area contributed by atoms with Gasteiger partial charge in [-0.25, -0.2) is 0 Å². The van der Waals surface area contributed by atoms with Crippen LogP contribution in [-0.4, -0.2) is 0 Å². The number of aryl methyl sites for hydroxylation is 9. The molecule has 0 aliphatic carbocycles. The van der Waals surface area contributed by atoms with Gasteiger partial charge in [0.25, 0.3) is 0 Å². The molecule has 0 bridgehead atoms. The van der Waals surface area contributed by atoms with Crippen molar-refractivity contribution >= 4 is 0 Å². The van der Waals surface area contributed by atoms with Crippen molar-refractivity contribution in [1.29, 1.82) is 0 Å². The molecule has 0 amide bonds. The summed E-state index contributed by atoms with van der Waals surface area (Å²) in [5.74, 6) is 1.39. The van der Waals surface area contributed by atoms with Crippen LogP contribution in [0.4, 0.5) is 0 Å². The molecule has 0 aliphatic heterocycles. The Morgan fingerprint density at radius 2 is 0.536 bits per heavy atom. The van der Waals surface area contributed by atoms with E-state index >= 15 is 0 Å². The number of hydrogen-bond donors (Lipinski definition) is 0. The molecule has 28 heavy (non-hydrogen) atoms. The molecule has 3 aromatic carbocycles. The third-order valence-corrected chi connectivity index (χ3v) is 5.78. The predicted molar refractivity (Wildman–Crippen MR) is 123 cm³/mol. The van der Waals surface area contributed by atoms with Crippen molar-refractivity contribution in [3.63, 3.8) is 0 Å². The first-order valence-electron chi connectivity index (χ1n) is 10.2. The largest absolute Gasteiger partial charge is 0.0645 e. The summed E-state index contributed by atoms with van der Waals surface area (Å²) in [6.45, 7) is 20.1. The van der Waals surface area contributed by atoms with Gasteiger partial charge in [-0.15, -0.1) is 0 Å². The molecule has 3 aromatic rings. The third kappa shape index (κ3) is 3.65. The Labute approximate surface area is 171 Å². The Morgan fingerprint density at radius 1 is 0.357 bits per heavy atom. The number of rotatable bonds is 3. The monoisotopic (exact) mass is 369 g/mol. The molecule has 0 spiro atoms. The van der Waals surface area contributed by atoms with E-state index in [9.17, 15) is 0 Å². The Kier molecular flexibility index (Phi) is 5.53. The Morgan fingerprint density at radius 3 is 0.714 bits per heavy atom. The van der Waals surface area contributed by atoms with Crippen LogP contribution in [0.2, 0.25) is 0 Å². The second kappa shape index (κ2) is 7.59. The first-order valence-corrected chi connectivity index (χ1v) is 10.2. The summed E-state index contributed by atoms with van der Waals surface area (Å²) in [7, 11) is 0. The minimum Gasteiger partial charge on any atom is -0.0560 e. The van der Waals surface area contributed by atoms with E-state index in [0.29, 0.717) is 0 Å². The molecule has 0 heteroatoms. The molecule has 0 N–H and O–H groups in total. The highest BCUT2D eigenvalue weighted by molar-refractivity contribution is 5.69. The van der Waals surface area contributed by atoms with E-state index < -0.39 is 0 Å². The van der Waals surface area contributed by atoms with E-state index in [0.717, 1.165) is 0 Å². The van der Waals surface area contributed by atoms with Gasteiger partial charge in [-0.2, -0.15) is 0 Å². The molecular formula is C28H33. The highest BCUT2D eigenvalue weighted by Crippen LogP contribution is 2.41. The Bertz CT molecular complexity index is 844. The fraction of sp³-hybridized carbons (Fsp3) is 0.321. The Hall–Kier alpha value is -2.34. The third-order valence-electron chi connectivity index (χ3n) is 5.78. The van der Waals surface area contributed by atoms with Crippen molar-refractivity contribution in [1.82, 2.24) is 0 Å². The maximum absolute atomic E-state index is 2.32. The van der Waals surface area contributed by atoms with Crippen LogP contribution in [0.25, 0.3) is 0 Å². The Balaban J connectivity index is 2.45. The van der Waals surface area contributed by atoms with Gasteiger partial charge in [0.15, 0.2) is 0 Å². The van der Waals surface area contributed by atoms with Gasteiger partial charge in [-0.1, -0.05) is 53.1 Å². The first kappa shape index (κ1) is 20.4. The molecule has 0 heterocycles. The van der Waals surface area contributed by atoms with Gasteiger partial charge in [0, 0.05) is 0 Å². The van der Waals surface area contributed by atoms with E-state index in [2.05, 4.69) is 98.7 Å². The lowest BCUT2D eigenvalue weighted by atomic mass is 9.74. The predicted octanol–water partition coefficient (Wildman–Crippen LogP) is 7.48. The lowest BCUT2D eigenvalue weighted by molar-refractivity contribution is 1.08. The molecule has 0 fully saturated rings. The van der Waals surface area contributed by atoms with Gasteiger partial charge < -0.3 is 0 Å². The molecule has 0 nitrogen and oxygen atoms in total. The van der Waals surface area contributed by atoms with Crippen molar-refractivity contribution in [2.75, 3.05) is 0 Å². The van der Waals surface area contributed by atoms with Crippen LogP contribution in [0, 0.1) is 68.2 Å². The lowest BCUT2D eigenvalue weighted by Crippen LogP contribution is -2.15. The fourth-order valence-corrected chi connectivity index (χ4v) is 5.10. The molecular weight excluding hydrogens is 336 g/mol. The van der Waals surface area contributed by atoms with Crippen LogP contribution in [0.15, 0.2) is 36.4 Å². The fourth-order valence-electron chi connectivity index (χ4n) is 5.10. The summed E-state index contributed by atoms with van der Waals surface area (Å²) in [5, 5.41) is 0. The molecule has 0 aromatic heterocycles. The van der Waals surface area contributed by atoms with Crippen molar-refractivity contribution in [2.24, 2.45) is 0 Å². The van der Waals surface area contributed by atoms with Crippen LogP contribution < -0.4 is 0 Å². The second-order valence-electron chi connectivity index (χ2n) is 8.70. The average molecular weight is 370 g/mol. The first-order chi connectivity index (χ1) is 13.1. The molecule has 1 radical (unpaired) electrons. The van der Waals surface area contributed by atoms with Gasteiger partial charge in [0.1, 0.15) is 0 Å². The van der Waals surface area contributed by atoms with Crippen LogP contribution >= 0.6 is 0 Å². The highest BCUT2D eigenvalue weighted by atomic mass is 14.3. The van der Waals surface area contributed by atoms with E-state index in [1.54, 1.807) is 0 Å². The summed E-state index contributed by atoms with van der Waals surface area (Å²) in [6.07, 6.45) is 0. The van der Waals surface area contributed by atoms with Gasteiger partial charge in [0.2, 0.25) is 0 Å². The molecule has 0 unspecified atom stereocenters. The molecule has 0 atom stereocenters. The van der Waals surface area contributed by atoms with Gasteiger partial charge in [-0.05, 0) is 112 Å². The van der Waals surface area contributed by atoms with E-state index in [-0.39, 0.29) is 0 Å². The smallest absolute Gasteiger partial charge is 0.0560 e. The topological polar surface area (TPSA) is 0 Å². The summed E-state index contributed by atoms with van der Waals surface area (Å²) >= 11 is 0. The normalized spacial score (nSPS) is 11.4. The van der Waals surface area contributed by atoms with Gasteiger partial charge in [0.05, 0.1) is 5.92 Å². The standard InChI is InChI=1S/C28H33/c1-16-10-19(4)25(20(5)11-16)28(26-21(6)12-17(2)13-22(26)7)27-23(8)14-18(3)15-24(27)9/h10-15H,1-9H3. The van der Waals surface area contributed by atoms with Crippen LogP contribution in [0.3, 0.4) is 0 Å². The summed E-state index contributed by atoms with van der Waals surface area (Å²) in [5.41, 5.74) is 16.3. The van der Waals surface area contributed by atoms with Crippen LogP contribution in [0.5, 0.6) is 0 Å². The van der Waals surface area contributed by atoms with Gasteiger partial charge >= 0.3 is 0 Å². The minimum absolute atomic E-state index is 1.33. The quantitative estimate of drug-likeness (QED) is 0.420. The molecule has 3 rings (SSSR count). The second-order valence-corrected chi connectivity index (χ2v) is 8.70. The molecule has 145 valence electrons. The lowest BCUT2D eigenvalue weighted by Gasteiger charge is -2.29. The molecule has 0 saturated carbocycles. The summed E-state index contributed by atoms with van der Waals surface area (Å²) in [4.78, 5) is 0. The maximum atomic E-state index is 2.32. The van der Waals surface area contributed by atoms with Gasteiger partial charge in [-0.3, -0.25) is 0 Å². The number of benzene rings is 3. The zero-order valence-corrected chi connectivity index (χ0v) is 19.0. The summed E-state index contributed by atoms with van der Waals surface area (Å²) in [6, 6.07) is 13.9. The van der Waals surface area contributed by atoms with E-state index in [4.69, 9.17) is 0 Å². The zero-order chi connectivity index (χ0) is 20.7. The van der Waals surface area contributed by atoms with Crippen molar-refractivity contribution in [2.45, 2.75) is 62.3 Å². The average Bonchev–Trinajstić information content (AvgIpc) is 2.51. The zero-order valence-electron chi connectivity index (χ0n) is 19.0. The highest BCUT2D eigenvalue weighted by Gasteiger charge is 2.27.